The number of ketones is 1. The van der Waals surface area contributed by atoms with E-state index in [-0.39, 0.29) is 27.3 Å². The van der Waals surface area contributed by atoms with Gasteiger partial charge < -0.3 is 5.73 Å². The molecule has 2 N–H and O–H groups in total. The van der Waals surface area contributed by atoms with Crippen molar-refractivity contribution in [3.8, 4) is 0 Å². The number of nitrogen functional groups attached to an aromatic ring is 1. The summed E-state index contributed by atoms with van der Waals surface area (Å²) < 4.78 is 0. The number of halogens is 2. The van der Waals surface area contributed by atoms with E-state index in [0.29, 0.717) is 0 Å². The molecule has 1 heterocycles. The first-order valence-electron chi connectivity index (χ1n) is 3.15. The van der Waals surface area contributed by atoms with Gasteiger partial charge >= 0.3 is 0 Å². The Balaban J connectivity index is 3.38. The molecule has 0 saturated carbocycles. The van der Waals surface area contributed by atoms with Gasteiger partial charge in [-0.3, -0.25) is 4.79 Å². The van der Waals surface area contributed by atoms with E-state index in [9.17, 15) is 4.79 Å². The molecule has 1 aromatic rings. The first kappa shape index (κ1) is 9.29. The molecule has 0 fully saturated rings. The lowest BCUT2D eigenvalue weighted by Crippen LogP contribution is -2.03. The summed E-state index contributed by atoms with van der Waals surface area (Å²) in [7, 11) is 0. The molecule has 0 aliphatic heterocycles. The van der Waals surface area contributed by atoms with Crippen LogP contribution in [0.25, 0.3) is 0 Å². The standard InChI is InChI=1S/C7H6Cl2N2O/c1-3(12)6-4(8)2-5(9)11-7(6)10/h2H,1H3,(H2,10,11). The third kappa shape index (κ3) is 1.68. The van der Waals surface area contributed by atoms with Crippen LogP contribution in [0.5, 0.6) is 0 Å². The number of carbonyl (C=O) groups is 1. The number of rotatable bonds is 1. The van der Waals surface area contributed by atoms with Crippen molar-refractivity contribution in [1.29, 1.82) is 0 Å². The number of hydrogen-bond donors (Lipinski definition) is 1. The van der Waals surface area contributed by atoms with Crippen LogP contribution in [0.4, 0.5) is 5.82 Å². The second kappa shape index (κ2) is 3.29. The van der Waals surface area contributed by atoms with Crippen LogP contribution in [0.3, 0.4) is 0 Å². The average Bonchev–Trinajstić information content (AvgIpc) is 1.82. The maximum atomic E-state index is 11.0. The normalized spacial score (nSPS) is 9.92. The molecule has 0 aromatic carbocycles. The maximum absolute atomic E-state index is 11.0. The van der Waals surface area contributed by atoms with Crippen molar-refractivity contribution >= 4 is 34.8 Å². The number of carbonyl (C=O) groups excluding carboxylic acids is 1. The number of hydrogen-bond acceptors (Lipinski definition) is 3. The van der Waals surface area contributed by atoms with Crippen molar-refractivity contribution in [2.45, 2.75) is 6.92 Å². The Hall–Kier alpha value is -0.800. The lowest BCUT2D eigenvalue weighted by atomic mass is 10.2. The first-order chi connectivity index (χ1) is 5.52. The first-order valence-corrected chi connectivity index (χ1v) is 3.90. The summed E-state index contributed by atoms with van der Waals surface area (Å²) in [5.41, 5.74) is 5.65. The number of pyridine rings is 1. The molecule has 0 aliphatic carbocycles. The van der Waals surface area contributed by atoms with Gasteiger partial charge in [-0.15, -0.1) is 0 Å². The van der Waals surface area contributed by atoms with Gasteiger partial charge in [0.15, 0.2) is 5.78 Å². The van der Waals surface area contributed by atoms with E-state index in [1.54, 1.807) is 0 Å². The topological polar surface area (TPSA) is 56.0 Å². The van der Waals surface area contributed by atoms with Crippen LogP contribution in [-0.2, 0) is 0 Å². The minimum absolute atomic E-state index is 0.0694. The number of anilines is 1. The Morgan fingerprint density at radius 3 is 2.58 bits per heavy atom. The summed E-state index contributed by atoms with van der Waals surface area (Å²) in [4.78, 5) is 14.6. The van der Waals surface area contributed by atoms with Crippen molar-refractivity contribution < 1.29 is 4.79 Å². The Bertz CT molecular complexity index is 315. The molecule has 0 bridgehead atoms. The quantitative estimate of drug-likeness (QED) is 0.564. The lowest BCUT2D eigenvalue weighted by molar-refractivity contribution is 0.101. The third-order valence-corrected chi connectivity index (χ3v) is 1.81. The smallest absolute Gasteiger partial charge is 0.165 e. The average molecular weight is 205 g/mol. The van der Waals surface area contributed by atoms with E-state index < -0.39 is 0 Å². The van der Waals surface area contributed by atoms with Gasteiger partial charge in [-0.2, -0.15) is 0 Å². The van der Waals surface area contributed by atoms with Crippen LogP contribution in [0.15, 0.2) is 6.07 Å². The molecule has 12 heavy (non-hydrogen) atoms. The Morgan fingerprint density at radius 2 is 2.17 bits per heavy atom. The molecule has 3 nitrogen and oxygen atoms in total. The van der Waals surface area contributed by atoms with E-state index in [1.807, 2.05) is 0 Å². The van der Waals surface area contributed by atoms with Gasteiger partial charge in [-0.25, -0.2) is 4.98 Å². The fourth-order valence-corrected chi connectivity index (χ4v) is 1.44. The molecule has 0 spiro atoms. The van der Waals surface area contributed by atoms with Crippen LogP contribution >= 0.6 is 23.2 Å². The van der Waals surface area contributed by atoms with E-state index in [4.69, 9.17) is 28.9 Å². The van der Waals surface area contributed by atoms with Crippen molar-refractivity contribution in [2.24, 2.45) is 0 Å². The highest BCUT2D eigenvalue weighted by atomic mass is 35.5. The molecule has 0 radical (unpaired) electrons. The lowest BCUT2D eigenvalue weighted by Gasteiger charge is -2.03. The molecule has 0 atom stereocenters. The van der Waals surface area contributed by atoms with Gasteiger partial charge in [0.05, 0.1) is 10.6 Å². The van der Waals surface area contributed by atoms with Gasteiger partial charge in [-0.05, 0) is 13.0 Å². The van der Waals surface area contributed by atoms with Crippen LogP contribution in [0.1, 0.15) is 17.3 Å². The predicted molar refractivity (Wildman–Crippen MR) is 48.7 cm³/mol. The monoisotopic (exact) mass is 204 g/mol. The number of nitrogens with two attached hydrogens (primary N) is 1. The van der Waals surface area contributed by atoms with E-state index >= 15 is 0 Å². The summed E-state index contributed by atoms with van der Waals surface area (Å²) >= 11 is 11.2. The van der Waals surface area contributed by atoms with Crippen LogP contribution in [0.2, 0.25) is 10.2 Å². The molecule has 5 heteroatoms. The highest BCUT2D eigenvalue weighted by Gasteiger charge is 2.11. The van der Waals surface area contributed by atoms with Gasteiger partial charge in [0, 0.05) is 0 Å². The predicted octanol–water partition coefficient (Wildman–Crippen LogP) is 2.17. The van der Waals surface area contributed by atoms with Crippen molar-refractivity contribution in [2.75, 3.05) is 5.73 Å². The molecule has 0 saturated heterocycles. The molecule has 1 aromatic heterocycles. The molecule has 64 valence electrons. The van der Waals surface area contributed by atoms with Crippen LogP contribution in [-0.4, -0.2) is 10.8 Å². The fourth-order valence-electron chi connectivity index (χ4n) is 0.851. The second-order valence-corrected chi connectivity index (χ2v) is 3.04. The van der Waals surface area contributed by atoms with Crippen LogP contribution < -0.4 is 5.73 Å². The molecular weight excluding hydrogens is 199 g/mol. The largest absolute Gasteiger partial charge is 0.383 e. The summed E-state index contributed by atoms with van der Waals surface area (Å²) in [6, 6.07) is 1.39. The Labute approximate surface area is 79.5 Å². The minimum Gasteiger partial charge on any atom is -0.383 e. The number of Topliss-reactive ketones (excluding diaryl/α,β-unsaturated/α-hetero) is 1. The Morgan fingerprint density at radius 1 is 1.58 bits per heavy atom. The van der Waals surface area contributed by atoms with E-state index in [0.717, 1.165) is 0 Å². The summed E-state index contributed by atoms with van der Waals surface area (Å²) in [6.45, 7) is 1.37. The zero-order chi connectivity index (χ0) is 9.30. The van der Waals surface area contributed by atoms with Gasteiger partial charge in [0.25, 0.3) is 0 Å². The van der Waals surface area contributed by atoms with Crippen molar-refractivity contribution in [1.82, 2.24) is 4.98 Å². The zero-order valence-corrected chi connectivity index (χ0v) is 7.78. The Kier molecular flexibility index (Phi) is 2.55. The molecule has 0 amide bonds. The maximum Gasteiger partial charge on any atom is 0.165 e. The van der Waals surface area contributed by atoms with Gasteiger partial charge in [0.2, 0.25) is 0 Å². The van der Waals surface area contributed by atoms with E-state index in [1.165, 1.54) is 13.0 Å². The van der Waals surface area contributed by atoms with E-state index in [2.05, 4.69) is 4.98 Å². The summed E-state index contributed by atoms with van der Waals surface area (Å²) in [5.74, 6) is -0.151. The van der Waals surface area contributed by atoms with Gasteiger partial charge in [-0.1, -0.05) is 23.2 Å². The fraction of sp³-hybridized carbons (Fsp3) is 0.143. The van der Waals surface area contributed by atoms with Crippen molar-refractivity contribution in [3.63, 3.8) is 0 Å². The van der Waals surface area contributed by atoms with Gasteiger partial charge in [0.1, 0.15) is 11.0 Å². The SMILES string of the molecule is CC(=O)c1c(Cl)cc(Cl)nc1N. The molecule has 0 unspecified atom stereocenters. The number of aromatic nitrogens is 1. The zero-order valence-electron chi connectivity index (χ0n) is 6.27. The highest BCUT2D eigenvalue weighted by Crippen LogP contribution is 2.24. The molecular formula is C7H6Cl2N2O. The van der Waals surface area contributed by atoms with Crippen molar-refractivity contribution in [3.05, 3.63) is 21.8 Å². The minimum atomic E-state index is -0.221. The number of nitrogens with zero attached hydrogens (tertiary/aromatic N) is 1. The third-order valence-electron chi connectivity index (χ3n) is 1.32. The highest BCUT2D eigenvalue weighted by molar-refractivity contribution is 6.36. The molecule has 0 aliphatic rings. The second-order valence-electron chi connectivity index (χ2n) is 2.24. The van der Waals surface area contributed by atoms with Crippen LogP contribution in [0, 0.1) is 0 Å². The molecule has 1 rings (SSSR count). The summed E-state index contributed by atoms with van der Waals surface area (Å²) in [6.07, 6.45) is 0. The summed E-state index contributed by atoms with van der Waals surface area (Å²) in [5, 5.41) is 0.419.